The van der Waals surface area contributed by atoms with Crippen LogP contribution in [0.25, 0.3) is 0 Å². The molecule has 0 spiro atoms. The highest BCUT2D eigenvalue weighted by Crippen LogP contribution is 2.15. The molecule has 3 aromatic rings. The van der Waals surface area contributed by atoms with Gasteiger partial charge in [-0.05, 0) is 59.7 Å². The summed E-state index contributed by atoms with van der Waals surface area (Å²) >= 11 is 5.86. The summed E-state index contributed by atoms with van der Waals surface area (Å²) in [5, 5.41) is 4.65. The van der Waals surface area contributed by atoms with Crippen molar-refractivity contribution in [3.05, 3.63) is 94.8 Å². The van der Waals surface area contributed by atoms with E-state index in [0.717, 1.165) is 16.9 Å². The second-order valence-corrected chi connectivity index (χ2v) is 5.86. The number of benzene rings is 2. The van der Waals surface area contributed by atoms with Gasteiger partial charge in [-0.2, -0.15) is 5.10 Å². The molecule has 0 bridgehead atoms. The Morgan fingerprint density at radius 2 is 1.88 bits per heavy atom. The number of aromatic nitrogens is 1. The molecule has 0 fully saturated rings. The van der Waals surface area contributed by atoms with Crippen molar-refractivity contribution in [1.29, 1.82) is 0 Å². The van der Waals surface area contributed by atoms with Gasteiger partial charge >= 0.3 is 0 Å². The number of hydrogen-bond donors (Lipinski definition) is 1. The Balaban J connectivity index is 1.51. The fraction of sp³-hybridized carbons (Fsp3) is 0.0500. The first-order chi connectivity index (χ1) is 12.7. The maximum Gasteiger partial charge on any atom is 0.272 e. The minimum Gasteiger partial charge on any atom is -0.489 e. The second-order valence-electron chi connectivity index (χ2n) is 5.43. The van der Waals surface area contributed by atoms with E-state index in [1.807, 2.05) is 48.5 Å². The molecule has 26 heavy (non-hydrogen) atoms. The van der Waals surface area contributed by atoms with Gasteiger partial charge in [0, 0.05) is 17.4 Å². The molecule has 2 aromatic carbocycles. The highest BCUT2D eigenvalue weighted by Gasteiger charge is 2.02. The van der Waals surface area contributed by atoms with Crippen molar-refractivity contribution in [3.63, 3.8) is 0 Å². The zero-order chi connectivity index (χ0) is 18.2. The van der Waals surface area contributed by atoms with Gasteiger partial charge in [-0.25, -0.2) is 5.43 Å². The monoisotopic (exact) mass is 365 g/mol. The Morgan fingerprint density at radius 3 is 2.58 bits per heavy atom. The normalized spacial score (nSPS) is 10.7. The lowest BCUT2D eigenvalue weighted by molar-refractivity contribution is 0.0955. The summed E-state index contributed by atoms with van der Waals surface area (Å²) in [6.07, 6.45) is 4.66. The summed E-state index contributed by atoms with van der Waals surface area (Å²) in [6.45, 7) is 0.464. The molecule has 1 aromatic heterocycles. The average molecular weight is 366 g/mol. The molecule has 3 rings (SSSR count). The first kappa shape index (κ1) is 17.6. The first-order valence-electron chi connectivity index (χ1n) is 7.91. The van der Waals surface area contributed by atoms with Crippen molar-refractivity contribution in [1.82, 2.24) is 10.4 Å². The lowest BCUT2D eigenvalue weighted by Gasteiger charge is -2.06. The highest BCUT2D eigenvalue weighted by atomic mass is 35.5. The van der Waals surface area contributed by atoms with E-state index < -0.39 is 0 Å². The van der Waals surface area contributed by atoms with Crippen molar-refractivity contribution in [2.45, 2.75) is 6.61 Å². The molecule has 130 valence electrons. The third-order valence-corrected chi connectivity index (χ3v) is 3.75. The first-order valence-corrected chi connectivity index (χ1v) is 8.29. The molecule has 0 unspecified atom stereocenters. The Hall–Kier alpha value is -3.18. The average Bonchev–Trinajstić information content (AvgIpc) is 2.69. The maximum absolute atomic E-state index is 11.8. The number of pyridine rings is 1. The van der Waals surface area contributed by atoms with Crippen molar-refractivity contribution in [3.8, 4) is 5.75 Å². The van der Waals surface area contributed by atoms with Gasteiger partial charge in [0.1, 0.15) is 12.4 Å². The molecular formula is C20H16ClN3O2. The van der Waals surface area contributed by atoms with E-state index in [2.05, 4.69) is 15.5 Å². The van der Waals surface area contributed by atoms with E-state index in [4.69, 9.17) is 16.3 Å². The van der Waals surface area contributed by atoms with Gasteiger partial charge in [-0.1, -0.05) is 23.7 Å². The van der Waals surface area contributed by atoms with Crippen LogP contribution in [-0.4, -0.2) is 17.1 Å². The van der Waals surface area contributed by atoms with Crippen molar-refractivity contribution in [2.24, 2.45) is 5.10 Å². The molecule has 0 radical (unpaired) electrons. The van der Waals surface area contributed by atoms with Crippen LogP contribution >= 0.6 is 11.6 Å². The number of nitrogens with zero attached hydrogens (tertiary/aromatic N) is 2. The SMILES string of the molecule is O=C(N/N=C/c1ccc(OCc2ccc(Cl)cc2)cc1)c1cccnc1. The number of ether oxygens (including phenoxy) is 1. The summed E-state index contributed by atoms with van der Waals surface area (Å²) in [7, 11) is 0. The van der Waals surface area contributed by atoms with Crippen molar-refractivity contribution < 1.29 is 9.53 Å². The number of rotatable bonds is 6. The second kappa shape index (κ2) is 8.78. The van der Waals surface area contributed by atoms with Crippen LogP contribution in [0.3, 0.4) is 0 Å². The number of halogens is 1. The largest absolute Gasteiger partial charge is 0.489 e. The molecule has 1 heterocycles. The van der Waals surface area contributed by atoms with Gasteiger partial charge < -0.3 is 4.74 Å². The quantitative estimate of drug-likeness (QED) is 0.529. The number of carbonyl (C=O) groups excluding carboxylic acids is 1. The zero-order valence-electron chi connectivity index (χ0n) is 13.8. The van der Waals surface area contributed by atoms with E-state index >= 15 is 0 Å². The van der Waals surface area contributed by atoms with E-state index in [-0.39, 0.29) is 5.91 Å². The van der Waals surface area contributed by atoms with Gasteiger partial charge in [0.15, 0.2) is 0 Å². The van der Waals surface area contributed by atoms with Crippen LogP contribution in [0.4, 0.5) is 0 Å². The van der Waals surface area contributed by atoms with E-state index in [9.17, 15) is 4.79 Å². The molecule has 6 heteroatoms. The molecule has 0 saturated carbocycles. The molecule has 0 atom stereocenters. The zero-order valence-corrected chi connectivity index (χ0v) is 14.6. The Labute approximate surface area is 156 Å². The van der Waals surface area contributed by atoms with Gasteiger partial charge in [-0.15, -0.1) is 0 Å². The fourth-order valence-electron chi connectivity index (χ4n) is 2.12. The fourth-order valence-corrected chi connectivity index (χ4v) is 2.25. The summed E-state index contributed by atoms with van der Waals surface area (Å²) in [6, 6.07) is 18.3. The molecule has 0 aliphatic rings. The number of carbonyl (C=O) groups is 1. The van der Waals surface area contributed by atoms with Crippen molar-refractivity contribution >= 4 is 23.7 Å². The molecule has 1 N–H and O–H groups in total. The number of hydrazone groups is 1. The minimum atomic E-state index is -0.308. The van der Waals surface area contributed by atoms with Crippen LogP contribution < -0.4 is 10.2 Å². The minimum absolute atomic E-state index is 0.308. The Bertz CT molecular complexity index is 879. The summed E-state index contributed by atoms with van der Waals surface area (Å²) in [5.74, 6) is 0.439. The molecule has 0 aliphatic heterocycles. The van der Waals surface area contributed by atoms with Gasteiger partial charge in [0.2, 0.25) is 0 Å². The van der Waals surface area contributed by atoms with E-state index in [1.165, 1.54) is 6.20 Å². The molecule has 5 nitrogen and oxygen atoms in total. The van der Waals surface area contributed by atoms with Crippen LogP contribution in [0.1, 0.15) is 21.5 Å². The standard InChI is InChI=1S/C20H16ClN3O2/c21-18-7-3-16(4-8-18)14-26-19-9-5-15(6-10-19)12-23-24-20(25)17-2-1-11-22-13-17/h1-13H,14H2,(H,24,25)/b23-12+. The molecule has 1 amide bonds. The lowest BCUT2D eigenvalue weighted by Crippen LogP contribution is -2.17. The summed E-state index contributed by atoms with van der Waals surface area (Å²) < 4.78 is 5.72. The Kier molecular flexibility index (Phi) is 5.96. The number of hydrogen-bond acceptors (Lipinski definition) is 4. The lowest BCUT2D eigenvalue weighted by atomic mass is 10.2. The van der Waals surface area contributed by atoms with Crippen LogP contribution in [0, 0.1) is 0 Å². The third-order valence-electron chi connectivity index (χ3n) is 3.50. The van der Waals surface area contributed by atoms with Gasteiger partial charge in [0.25, 0.3) is 5.91 Å². The van der Waals surface area contributed by atoms with E-state index in [1.54, 1.807) is 24.5 Å². The van der Waals surface area contributed by atoms with Crippen LogP contribution in [0.5, 0.6) is 5.75 Å². The molecule has 0 saturated heterocycles. The Morgan fingerprint density at radius 1 is 1.12 bits per heavy atom. The smallest absolute Gasteiger partial charge is 0.272 e. The van der Waals surface area contributed by atoms with Gasteiger partial charge in [-0.3, -0.25) is 9.78 Å². The highest BCUT2D eigenvalue weighted by molar-refractivity contribution is 6.30. The summed E-state index contributed by atoms with van der Waals surface area (Å²) in [4.78, 5) is 15.7. The number of nitrogens with one attached hydrogen (secondary N) is 1. The molecule has 0 aliphatic carbocycles. The van der Waals surface area contributed by atoms with Crippen LogP contribution in [0.15, 0.2) is 78.2 Å². The van der Waals surface area contributed by atoms with Crippen LogP contribution in [0.2, 0.25) is 5.02 Å². The predicted octanol–water partition coefficient (Wildman–Crippen LogP) is 4.08. The summed E-state index contributed by atoms with van der Waals surface area (Å²) in [5.41, 5.74) is 4.80. The molecular weight excluding hydrogens is 350 g/mol. The predicted molar refractivity (Wildman–Crippen MR) is 102 cm³/mol. The third kappa shape index (κ3) is 5.16. The van der Waals surface area contributed by atoms with E-state index in [0.29, 0.717) is 17.2 Å². The maximum atomic E-state index is 11.8. The van der Waals surface area contributed by atoms with Crippen molar-refractivity contribution in [2.75, 3.05) is 0 Å². The number of amides is 1. The van der Waals surface area contributed by atoms with Crippen LogP contribution in [-0.2, 0) is 6.61 Å². The van der Waals surface area contributed by atoms with Gasteiger partial charge in [0.05, 0.1) is 11.8 Å². The topological polar surface area (TPSA) is 63.6 Å².